The average molecular weight is 244 g/mol. The van der Waals surface area contributed by atoms with Crippen molar-refractivity contribution in [2.75, 3.05) is 21.3 Å². The topological polar surface area (TPSA) is 45.5 Å². The third-order valence-corrected chi connectivity index (χ3v) is 5.47. The van der Waals surface area contributed by atoms with Crippen molar-refractivity contribution in [3.05, 3.63) is 18.7 Å². The van der Waals surface area contributed by atoms with E-state index in [0.29, 0.717) is 0 Å². The van der Waals surface area contributed by atoms with Crippen LogP contribution in [0.2, 0.25) is 6.04 Å². The molecule has 6 heteroatoms. The van der Waals surface area contributed by atoms with E-state index in [9.17, 15) is 0 Å². The highest BCUT2D eigenvalue weighted by atomic mass is 28.4. The first-order valence-corrected chi connectivity index (χ1v) is 7.30. The summed E-state index contributed by atoms with van der Waals surface area (Å²) >= 11 is 0. The maximum Gasteiger partial charge on any atom is 0.500 e. The maximum absolute atomic E-state index is 5.35. The van der Waals surface area contributed by atoms with Crippen molar-refractivity contribution >= 4 is 8.80 Å². The lowest BCUT2D eigenvalue weighted by Crippen LogP contribution is -2.42. The lowest BCUT2D eigenvalue weighted by atomic mass is 10.3. The maximum atomic E-state index is 5.35. The van der Waals surface area contributed by atoms with Gasteiger partial charge in [-0.1, -0.05) is 0 Å². The molecule has 0 spiro atoms. The second kappa shape index (κ2) is 6.80. The van der Waals surface area contributed by atoms with E-state index < -0.39 is 8.80 Å². The van der Waals surface area contributed by atoms with Gasteiger partial charge < -0.3 is 17.8 Å². The first kappa shape index (κ1) is 13.4. The van der Waals surface area contributed by atoms with Crippen LogP contribution >= 0.6 is 0 Å². The van der Waals surface area contributed by atoms with Crippen LogP contribution in [0.3, 0.4) is 0 Å². The van der Waals surface area contributed by atoms with Crippen LogP contribution in [0, 0.1) is 0 Å². The molecule has 0 aromatic carbocycles. The van der Waals surface area contributed by atoms with Crippen LogP contribution in [-0.4, -0.2) is 39.7 Å². The number of aromatic nitrogens is 2. The molecular weight excluding hydrogens is 224 g/mol. The summed E-state index contributed by atoms with van der Waals surface area (Å²) in [6.07, 6.45) is 7.68. The second-order valence-corrected chi connectivity index (χ2v) is 6.64. The van der Waals surface area contributed by atoms with Gasteiger partial charge in [0.1, 0.15) is 0 Å². The third kappa shape index (κ3) is 3.71. The van der Waals surface area contributed by atoms with Gasteiger partial charge in [-0.2, -0.15) is 0 Å². The molecule has 0 unspecified atom stereocenters. The van der Waals surface area contributed by atoms with Crippen LogP contribution in [0.4, 0.5) is 0 Å². The molecule has 16 heavy (non-hydrogen) atoms. The van der Waals surface area contributed by atoms with Crippen molar-refractivity contribution in [3.8, 4) is 0 Å². The summed E-state index contributed by atoms with van der Waals surface area (Å²) in [5.74, 6) is 0. The minimum absolute atomic E-state index is 0.852. The molecule has 0 aliphatic carbocycles. The predicted octanol–water partition coefficient (Wildman–Crippen LogP) is 1.54. The molecule has 0 radical (unpaired) electrons. The van der Waals surface area contributed by atoms with E-state index >= 15 is 0 Å². The van der Waals surface area contributed by atoms with E-state index in [0.717, 1.165) is 25.4 Å². The van der Waals surface area contributed by atoms with Crippen LogP contribution in [0.1, 0.15) is 12.8 Å². The van der Waals surface area contributed by atoms with Gasteiger partial charge in [-0.25, -0.2) is 4.98 Å². The summed E-state index contributed by atoms with van der Waals surface area (Å²) in [6.45, 7) is 0.974. The highest BCUT2D eigenvalue weighted by Gasteiger charge is 2.36. The van der Waals surface area contributed by atoms with E-state index in [1.54, 1.807) is 27.5 Å². The van der Waals surface area contributed by atoms with E-state index in [1.165, 1.54) is 0 Å². The number of imidazole rings is 1. The van der Waals surface area contributed by atoms with E-state index in [-0.39, 0.29) is 0 Å². The Morgan fingerprint density at radius 3 is 2.31 bits per heavy atom. The van der Waals surface area contributed by atoms with Crippen molar-refractivity contribution in [2.24, 2.45) is 0 Å². The van der Waals surface area contributed by atoms with Gasteiger partial charge in [-0.3, -0.25) is 0 Å². The molecule has 5 nitrogen and oxygen atoms in total. The largest absolute Gasteiger partial charge is 0.500 e. The summed E-state index contributed by atoms with van der Waals surface area (Å²) in [4.78, 5) is 4.00. The Morgan fingerprint density at radius 2 is 1.81 bits per heavy atom. The lowest BCUT2D eigenvalue weighted by Gasteiger charge is -2.24. The van der Waals surface area contributed by atoms with Crippen LogP contribution < -0.4 is 0 Å². The van der Waals surface area contributed by atoms with Gasteiger partial charge in [0.25, 0.3) is 0 Å². The Morgan fingerprint density at radius 1 is 1.12 bits per heavy atom. The SMILES string of the molecule is CO[Si](CCCCn1ccnc1)(OC)OC. The number of hydrogen-bond donors (Lipinski definition) is 0. The number of unbranched alkanes of at least 4 members (excludes halogenated alkanes) is 1. The van der Waals surface area contributed by atoms with E-state index in [1.807, 2.05) is 12.5 Å². The third-order valence-electron chi connectivity index (χ3n) is 2.64. The molecular formula is C10H20N2O3Si. The van der Waals surface area contributed by atoms with E-state index in [4.69, 9.17) is 13.3 Å². The molecule has 1 aromatic heterocycles. The van der Waals surface area contributed by atoms with Crippen LogP contribution in [-0.2, 0) is 19.8 Å². The van der Waals surface area contributed by atoms with Gasteiger partial charge in [-0.05, 0) is 12.8 Å². The van der Waals surface area contributed by atoms with Crippen molar-refractivity contribution in [1.82, 2.24) is 9.55 Å². The molecule has 0 aliphatic heterocycles. The Labute approximate surface area is 97.7 Å². The van der Waals surface area contributed by atoms with Gasteiger partial charge in [0.05, 0.1) is 6.33 Å². The van der Waals surface area contributed by atoms with Crippen molar-refractivity contribution < 1.29 is 13.3 Å². The predicted molar refractivity (Wildman–Crippen MR) is 63.0 cm³/mol. The van der Waals surface area contributed by atoms with Crippen molar-refractivity contribution in [3.63, 3.8) is 0 Å². The normalized spacial score (nSPS) is 11.9. The Balaban J connectivity index is 2.23. The van der Waals surface area contributed by atoms with Gasteiger partial charge >= 0.3 is 8.80 Å². The Bertz CT molecular complexity index is 267. The smallest absolute Gasteiger partial charge is 0.377 e. The quantitative estimate of drug-likeness (QED) is 0.514. The molecule has 0 saturated carbocycles. The van der Waals surface area contributed by atoms with Gasteiger partial charge in [-0.15, -0.1) is 0 Å². The first-order valence-electron chi connectivity index (χ1n) is 5.37. The summed E-state index contributed by atoms with van der Waals surface area (Å²) in [7, 11) is 2.58. The Kier molecular flexibility index (Phi) is 5.68. The number of rotatable bonds is 8. The molecule has 0 N–H and O–H groups in total. The molecule has 92 valence electrons. The molecule has 1 aromatic rings. The number of aryl methyl sites for hydroxylation is 1. The summed E-state index contributed by atoms with van der Waals surface area (Å²) < 4.78 is 18.1. The molecule has 0 fully saturated rings. The average Bonchev–Trinajstić information content (AvgIpc) is 2.83. The highest BCUT2D eigenvalue weighted by molar-refractivity contribution is 6.60. The number of nitrogens with zero attached hydrogens (tertiary/aromatic N) is 2. The molecule has 0 bridgehead atoms. The minimum Gasteiger partial charge on any atom is -0.377 e. The first-order chi connectivity index (χ1) is 7.76. The van der Waals surface area contributed by atoms with E-state index in [2.05, 4.69) is 9.55 Å². The summed E-state index contributed by atoms with van der Waals surface area (Å²) in [5, 5.41) is 0. The summed E-state index contributed by atoms with van der Waals surface area (Å²) in [5.41, 5.74) is 0. The molecule has 0 amide bonds. The van der Waals surface area contributed by atoms with Gasteiger partial charge in [0.15, 0.2) is 0 Å². The molecule has 1 heterocycles. The zero-order valence-electron chi connectivity index (χ0n) is 10.2. The Hall–Kier alpha value is -0.693. The number of hydrogen-bond acceptors (Lipinski definition) is 4. The monoisotopic (exact) mass is 244 g/mol. The standard InChI is InChI=1S/C10H20N2O3Si/c1-13-16(14-2,15-3)9-5-4-7-12-8-6-11-10-12/h6,8,10H,4-5,7,9H2,1-3H3. The van der Waals surface area contributed by atoms with Crippen LogP contribution in [0.15, 0.2) is 18.7 Å². The fourth-order valence-corrected chi connectivity index (χ4v) is 3.41. The second-order valence-electron chi connectivity index (χ2n) is 3.55. The molecule has 0 saturated heterocycles. The van der Waals surface area contributed by atoms with Crippen molar-refractivity contribution in [2.45, 2.75) is 25.4 Å². The zero-order valence-corrected chi connectivity index (χ0v) is 11.2. The summed E-state index contributed by atoms with van der Waals surface area (Å²) in [6, 6.07) is 0.852. The van der Waals surface area contributed by atoms with Gasteiger partial charge in [0.2, 0.25) is 0 Å². The molecule has 1 rings (SSSR count). The highest BCUT2D eigenvalue weighted by Crippen LogP contribution is 2.16. The fourth-order valence-electron chi connectivity index (χ4n) is 1.61. The van der Waals surface area contributed by atoms with Crippen LogP contribution in [0.25, 0.3) is 0 Å². The zero-order chi connectivity index (χ0) is 11.9. The fraction of sp³-hybridized carbons (Fsp3) is 0.700. The minimum atomic E-state index is -2.36. The van der Waals surface area contributed by atoms with Crippen LogP contribution in [0.5, 0.6) is 0 Å². The molecule has 0 atom stereocenters. The molecule has 0 aliphatic rings. The van der Waals surface area contributed by atoms with Crippen molar-refractivity contribution in [1.29, 1.82) is 0 Å². The van der Waals surface area contributed by atoms with Gasteiger partial charge in [0, 0.05) is 46.3 Å². The lowest BCUT2D eigenvalue weighted by molar-refractivity contribution is 0.122.